The standard InChI is InChI=1S/C11H14Br2OS/c1-6-3-2-4-7(6)10(14)8-5-9(12)15-11(8)13/h5-7,10,14H,2-4H2,1H3. The summed E-state index contributed by atoms with van der Waals surface area (Å²) in [5.41, 5.74) is 1.05. The van der Waals surface area contributed by atoms with Gasteiger partial charge in [0.05, 0.1) is 13.7 Å². The van der Waals surface area contributed by atoms with Crippen LogP contribution in [0.1, 0.15) is 37.9 Å². The van der Waals surface area contributed by atoms with E-state index >= 15 is 0 Å². The Morgan fingerprint density at radius 1 is 1.47 bits per heavy atom. The van der Waals surface area contributed by atoms with Crippen LogP contribution in [0.2, 0.25) is 0 Å². The van der Waals surface area contributed by atoms with Gasteiger partial charge in [-0.1, -0.05) is 19.8 Å². The molecule has 1 fully saturated rings. The molecule has 1 aromatic heterocycles. The number of thiophene rings is 1. The lowest BCUT2D eigenvalue weighted by molar-refractivity contribution is 0.0898. The molecule has 1 aliphatic carbocycles. The van der Waals surface area contributed by atoms with E-state index in [0.29, 0.717) is 11.8 Å². The maximum Gasteiger partial charge on any atom is 0.0840 e. The van der Waals surface area contributed by atoms with E-state index in [1.165, 1.54) is 12.8 Å². The van der Waals surface area contributed by atoms with E-state index in [2.05, 4.69) is 38.8 Å². The highest BCUT2D eigenvalue weighted by Gasteiger charge is 2.32. The first-order valence-electron chi connectivity index (χ1n) is 5.22. The number of aliphatic hydroxyl groups excluding tert-OH is 1. The number of halogens is 2. The van der Waals surface area contributed by atoms with E-state index in [1.54, 1.807) is 11.3 Å². The lowest BCUT2D eigenvalue weighted by Gasteiger charge is -2.21. The van der Waals surface area contributed by atoms with Crippen LogP contribution in [0.4, 0.5) is 0 Å². The molecule has 3 unspecified atom stereocenters. The van der Waals surface area contributed by atoms with Crippen molar-refractivity contribution in [1.29, 1.82) is 0 Å². The Morgan fingerprint density at radius 3 is 2.67 bits per heavy atom. The zero-order chi connectivity index (χ0) is 11.0. The summed E-state index contributed by atoms with van der Waals surface area (Å²) < 4.78 is 2.13. The Kier molecular flexibility index (Phi) is 3.92. The lowest BCUT2D eigenvalue weighted by Crippen LogP contribution is -2.14. The number of aliphatic hydroxyl groups is 1. The minimum atomic E-state index is -0.306. The fourth-order valence-corrected chi connectivity index (χ4v) is 5.34. The summed E-state index contributed by atoms with van der Waals surface area (Å²) in [6.07, 6.45) is 3.36. The predicted octanol–water partition coefficient (Wildman–Crippen LogP) is 4.74. The van der Waals surface area contributed by atoms with Gasteiger partial charge in [0, 0.05) is 5.56 Å². The molecule has 1 nitrogen and oxygen atoms in total. The van der Waals surface area contributed by atoms with Crippen LogP contribution in [0.15, 0.2) is 13.6 Å². The van der Waals surface area contributed by atoms with Gasteiger partial charge in [0.25, 0.3) is 0 Å². The molecule has 0 saturated heterocycles. The topological polar surface area (TPSA) is 20.2 Å². The molecular weight excluding hydrogens is 340 g/mol. The third-order valence-electron chi connectivity index (χ3n) is 3.34. The predicted molar refractivity (Wildman–Crippen MR) is 71.2 cm³/mol. The molecule has 0 amide bonds. The summed E-state index contributed by atoms with van der Waals surface area (Å²) in [5, 5.41) is 10.3. The molecule has 1 saturated carbocycles. The van der Waals surface area contributed by atoms with E-state index in [4.69, 9.17) is 0 Å². The van der Waals surface area contributed by atoms with Crippen LogP contribution in [-0.2, 0) is 0 Å². The Morgan fingerprint density at radius 2 is 2.20 bits per heavy atom. The summed E-state index contributed by atoms with van der Waals surface area (Å²) in [7, 11) is 0. The van der Waals surface area contributed by atoms with Crippen LogP contribution in [0, 0.1) is 11.8 Å². The SMILES string of the molecule is CC1CCCC1C(O)c1cc(Br)sc1Br. The van der Waals surface area contributed by atoms with Crippen molar-refractivity contribution >= 4 is 43.2 Å². The fourth-order valence-electron chi connectivity index (χ4n) is 2.43. The second-order valence-electron chi connectivity index (χ2n) is 4.30. The highest BCUT2D eigenvalue weighted by molar-refractivity contribution is 9.12. The molecule has 84 valence electrons. The molecule has 0 aromatic carbocycles. The fraction of sp³-hybridized carbons (Fsp3) is 0.636. The lowest BCUT2D eigenvalue weighted by atomic mass is 9.89. The van der Waals surface area contributed by atoms with Crippen LogP contribution >= 0.6 is 43.2 Å². The van der Waals surface area contributed by atoms with Gasteiger partial charge in [-0.2, -0.15) is 0 Å². The molecule has 4 heteroatoms. The molecule has 1 heterocycles. The third-order valence-corrected chi connectivity index (χ3v) is 5.72. The van der Waals surface area contributed by atoms with Crippen molar-refractivity contribution in [2.24, 2.45) is 11.8 Å². The second-order valence-corrected chi connectivity index (χ2v) is 8.05. The molecule has 0 aliphatic heterocycles. The van der Waals surface area contributed by atoms with E-state index < -0.39 is 0 Å². The molecule has 1 aliphatic rings. The minimum Gasteiger partial charge on any atom is -0.388 e. The van der Waals surface area contributed by atoms with Crippen LogP contribution in [0.3, 0.4) is 0 Å². The van der Waals surface area contributed by atoms with Crippen molar-refractivity contribution in [2.45, 2.75) is 32.3 Å². The van der Waals surface area contributed by atoms with Gasteiger partial charge in [0.1, 0.15) is 0 Å². The van der Waals surface area contributed by atoms with Gasteiger partial charge >= 0.3 is 0 Å². The van der Waals surface area contributed by atoms with E-state index in [1.807, 2.05) is 6.07 Å². The van der Waals surface area contributed by atoms with Crippen molar-refractivity contribution in [2.75, 3.05) is 0 Å². The largest absolute Gasteiger partial charge is 0.388 e. The Hall–Kier alpha value is 0.620. The number of rotatable bonds is 2. The van der Waals surface area contributed by atoms with E-state index in [0.717, 1.165) is 19.6 Å². The number of hydrogen-bond donors (Lipinski definition) is 1. The van der Waals surface area contributed by atoms with Crippen molar-refractivity contribution in [3.8, 4) is 0 Å². The van der Waals surface area contributed by atoms with Crippen molar-refractivity contribution in [1.82, 2.24) is 0 Å². The molecule has 2 rings (SSSR count). The minimum absolute atomic E-state index is 0.306. The van der Waals surface area contributed by atoms with Gasteiger partial charge < -0.3 is 5.11 Å². The van der Waals surface area contributed by atoms with Crippen LogP contribution in [-0.4, -0.2) is 5.11 Å². The van der Waals surface area contributed by atoms with Crippen molar-refractivity contribution < 1.29 is 5.11 Å². The summed E-state index contributed by atoms with van der Waals surface area (Å²) >= 11 is 8.60. The van der Waals surface area contributed by atoms with Gasteiger partial charge in [0.2, 0.25) is 0 Å². The highest BCUT2D eigenvalue weighted by Crippen LogP contribution is 2.44. The van der Waals surface area contributed by atoms with Gasteiger partial charge in [-0.25, -0.2) is 0 Å². The molecule has 0 radical (unpaired) electrons. The Bertz CT molecular complexity index is 350. The Labute approximate surface area is 111 Å². The normalized spacial score (nSPS) is 28.3. The average molecular weight is 354 g/mol. The van der Waals surface area contributed by atoms with Crippen molar-refractivity contribution in [3.05, 3.63) is 19.2 Å². The third kappa shape index (κ3) is 2.48. The molecule has 1 aromatic rings. The van der Waals surface area contributed by atoms with Gasteiger partial charge in [-0.15, -0.1) is 11.3 Å². The van der Waals surface area contributed by atoms with E-state index in [-0.39, 0.29) is 6.10 Å². The van der Waals surface area contributed by atoms with Crippen LogP contribution in [0.25, 0.3) is 0 Å². The first-order chi connectivity index (χ1) is 7.09. The van der Waals surface area contributed by atoms with Crippen molar-refractivity contribution in [3.63, 3.8) is 0 Å². The zero-order valence-electron chi connectivity index (χ0n) is 8.54. The van der Waals surface area contributed by atoms with E-state index in [9.17, 15) is 5.11 Å². The molecular formula is C11H14Br2OS. The first kappa shape index (κ1) is 12.1. The maximum atomic E-state index is 10.3. The molecule has 1 N–H and O–H groups in total. The zero-order valence-corrected chi connectivity index (χ0v) is 12.5. The first-order valence-corrected chi connectivity index (χ1v) is 7.62. The van der Waals surface area contributed by atoms with Gasteiger partial charge in [-0.05, 0) is 56.2 Å². The Balaban J connectivity index is 2.19. The summed E-state index contributed by atoms with van der Waals surface area (Å²) in [6, 6.07) is 2.03. The molecule has 0 spiro atoms. The van der Waals surface area contributed by atoms with Crippen LogP contribution in [0.5, 0.6) is 0 Å². The van der Waals surface area contributed by atoms with Gasteiger partial charge in [0.15, 0.2) is 0 Å². The average Bonchev–Trinajstić information content (AvgIpc) is 2.71. The molecule has 15 heavy (non-hydrogen) atoms. The second kappa shape index (κ2) is 4.86. The monoisotopic (exact) mass is 352 g/mol. The quantitative estimate of drug-likeness (QED) is 0.813. The summed E-state index contributed by atoms with van der Waals surface area (Å²) in [5.74, 6) is 1.08. The smallest absolute Gasteiger partial charge is 0.0840 e. The number of hydrogen-bond acceptors (Lipinski definition) is 2. The summed E-state index contributed by atoms with van der Waals surface area (Å²) in [6.45, 7) is 2.25. The molecule has 0 bridgehead atoms. The summed E-state index contributed by atoms with van der Waals surface area (Å²) in [4.78, 5) is 0. The maximum absolute atomic E-state index is 10.3. The highest BCUT2D eigenvalue weighted by atomic mass is 79.9. The molecule has 3 atom stereocenters. The van der Waals surface area contributed by atoms with Crippen LogP contribution < -0.4 is 0 Å². The van der Waals surface area contributed by atoms with Gasteiger partial charge in [-0.3, -0.25) is 0 Å².